The van der Waals surface area contributed by atoms with Gasteiger partial charge < -0.3 is 5.11 Å². The molecular weight excluding hydrogens is 222 g/mol. The van der Waals surface area contributed by atoms with Gasteiger partial charge in [0.15, 0.2) is 0 Å². The molecule has 1 aliphatic heterocycles. The molecule has 2 heteroatoms. The normalized spacial score (nSPS) is 18.1. The Morgan fingerprint density at radius 2 is 1.83 bits per heavy atom. The number of benzene rings is 1. The van der Waals surface area contributed by atoms with E-state index in [1.54, 1.807) is 0 Å². The minimum Gasteiger partial charge on any atom is -0.396 e. The standard InChI is InChI=1S/C16H25NO/c1-2-5-14-6-8-15(9-7-14)16(10-13-18)17-11-3-4-12-17/h6-9,16,18H,2-5,10-13H2,1H3. The molecule has 0 radical (unpaired) electrons. The minimum atomic E-state index is 0.276. The first kappa shape index (κ1) is 13.6. The first-order chi connectivity index (χ1) is 8.85. The monoisotopic (exact) mass is 247 g/mol. The number of likely N-dealkylation sites (tertiary alicyclic amines) is 1. The lowest BCUT2D eigenvalue weighted by Gasteiger charge is -2.27. The molecule has 1 atom stereocenters. The Balaban J connectivity index is 2.09. The molecule has 1 unspecified atom stereocenters. The van der Waals surface area contributed by atoms with Crippen LogP contribution >= 0.6 is 0 Å². The molecule has 1 aromatic carbocycles. The van der Waals surface area contributed by atoms with Gasteiger partial charge in [-0.05, 0) is 49.9 Å². The number of hydrogen-bond acceptors (Lipinski definition) is 2. The Labute approximate surface area is 111 Å². The minimum absolute atomic E-state index is 0.276. The lowest BCUT2D eigenvalue weighted by atomic mass is 10.00. The van der Waals surface area contributed by atoms with Crippen LogP contribution in [-0.2, 0) is 6.42 Å². The van der Waals surface area contributed by atoms with E-state index in [1.807, 2.05) is 0 Å². The number of nitrogens with zero attached hydrogens (tertiary/aromatic N) is 1. The quantitative estimate of drug-likeness (QED) is 0.834. The average molecular weight is 247 g/mol. The smallest absolute Gasteiger partial charge is 0.0449 e. The Morgan fingerprint density at radius 3 is 2.39 bits per heavy atom. The lowest BCUT2D eigenvalue weighted by Crippen LogP contribution is -2.26. The summed E-state index contributed by atoms with van der Waals surface area (Å²) in [6.07, 6.45) is 5.82. The molecular formula is C16H25NO. The van der Waals surface area contributed by atoms with Crippen molar-refractivity contribution in [1.29, 1.82) is 0 Å². The van der Waals surface area contributed by atoms with Gasteiger partial charge in [-0.1, -0.05) is 37.6 Å². The molecule has 1 N–H and O–H groups in total. The third-order valence-corrected chi connectivity index (χ3v) is 3.89. The van der Waals surface area contributed by atoms with Gasteiger partial charge in [0.25, 0.3) is 0 Å². The number of hydrogen-bond donors (Lipinski definition) is 1. The van der Waals surface area contributed by atoms with Crippen molar-refractivity contribution in [1.82, 2.24) is 4.90 Å². The molecule has 18 heavy (non-hydrogen) atoms. The van der Waals surface area contributed by atoms with Crippen molar-refractivity contribution in [2.45, 2.75) is 45.1 Å². The zero-order chi connectivity index (χ0) is 12.8. The van der Waals surface area contributed by atoms with E-state index in [-0.39, 0.29) is 6.61 Å². The van der Waals surface area contributed by atoms with Gasteiger partial charge in [0.05, 0.1) is 0 Å². The van der Waals surface area contributed by atoms with Gasteiger partial charge in [-0.3, -0.25) is 4.90 Å². The summed E-state index contributed by atoms with van der Waals surface area (Å²) in [5, 5.41) is 9.27. The third kappa shape index (κ3) is 3.33. The summed E-state index contributed by atoms with van der Waals surface area (Å²) in [6, 6.07) is 9.42. The van der Waals surface area contributed by atoms with Crippen LogP contribution in [0.5, 0.6) is 0 Å². The molecule has 2 nitrogen and oxygen atoms in total. The highest BCUT2D eigenvalue weighted by Crippen LogP contribution is 2.28. The fraction of sp³-hybridized carbons (Fsp3) is 0.625. The fourth-order valence-electron chi connectivity index (χ4n) is 2.93. The van der Waals surface area contributed by atoms with Gasteiger partial charge in [0.2, 0.25) is 0 Å². The van der Waals surface area contributed by atoms with Crippen molar-refractivity contribution in [3.05, 3.63) is 35.4 Å². The number of aliphatic hydroxyl groups excluding tert-OH is 1. The van der Waals surface area contributed by atoms with Crippen LogP contribution in [0.2, 0.25) is 0 Å². The number of aliphatic hydroxyl groups is 1. The Kier molecular flexibility index (Phi) is 5.21. The van der Waals surface area contributed by atoms with E-state index < -0.39 is 0 Å². The van der Waals surface area contributed by atoms with E-state index >= 15 is 0 Å². The van der Waals surface area contributed by atoms with Gasteiger partial charge in [0, 0.05) is 12.6 Å². The summed E-state index contributed by atoms with van der Waals surface area (Å²) in [6.45, 7) is 4.85. The third-order valence-electron chi connectivity index (χ3n) is 3.89. The molecule has 100 valence electrons. The van der Waals surface area contributed by atoms with Crippen LogP contribution in [0.3, 0.4) is 0 Å². The molecule has 1 aliphatic rings. The van der Waals surface area contributed by atoms with E-state index in [9.17, 15) is 5.11 Å². The number of aryl methyl sites for hydroxylation is 1. The Hall–Kier alpha value is -0.860. The van der Waals surface area contributed by atoms with Crippen molar-refractivity contribution in [2.75, 3.05) is 19.7 Å². The maximum absolute atomic E-state index is 9.27. The molecule has 0 bridgehead atoms. The maximum Gasteiger partial charge on any atom is 0.0449 e. The van der Waals surface area contributed by atoms with E-state index in [2.05, 4.69) is 36.1 Å². The van der Waals surface area contributed by atoms with E-state index in [1.165, 1.54) is 43.5 Å². The van der Waals surface area contributed by atoms with Crippen molar-refractivity contribution >= 4 is 0 Å². The highest BCUT2D eigenvalue weighted by molar-refractivity contribution is 5.25. The molecule has 0 amide bonds. The van der Waals surface area contributed by atoms with Gasteiger partial charge in [-0.15, -0.1) is 0 Å². The largest absolute Gasteiger partial charge is 0.396 e. The van der Waals surface area contributed by atoms with Gasteiger partial charge >= 0.3 is 0 Å². The van der Waals surface area contributed by atoms with Crippen LogP contribution < -0.4 is 0 Å². The Bertz CT molecular complexity index is 341. The molecule has 0 spiro atoms. The second kappa shape index (κ2) is 6.91. The molecule has 1 saturated heterocycles. The van der Waals surface area contributed by atoms with Crippen LogP contribution in [0.15, 0.2) is 24.3 Å². The first-order valence-corrected chi connectivity index (χ1v) is 7.29. The zero-order valence-electron chi connectivity index (χ0n) is 11.4. The maximum atomic E-state index is 9.27. The summed E-state index contributed by atoms with van der Waals surface area (Å²) in [4.78, 5) is 2.52. The first-order valence-electron chi connectivity index (χ1n) is 7.29. The molecule has 0 aromatic heterocycles. The highest BCUT2D eigenvalue weighted by Gasteiger charge is 2.22. The highest BCUT2D eigenvalue weighted by atomic mass is 16.3. The molecule has 1 aromatic rings. The van der Waals surface area contributed by atoms with Crippen molar-refractivity contribution in [3.8, 4) is 0 Å². The average Bonchev–Trinajstić information content (AvgIpc) is 2.91. The molecule has 2 rings (SSSR count). The lowest BCUT2D eigenvalue weighted by molar-refractivity contribution is 0.185. The van der Waals surface area contributed by atoms with Gasteiger partial charge in [-0.25, -0.2) is 0 Å². The SMILES string of the molecule is CCCc1ccc(C(CCO)N2CCCC2)cc1. The predicted octanol–water partition coefficient (Wildman–Crippen LogP) is 3.16. The predicted molar refractivity (Wildman–Crippen MR) is 75.7 cm³/mol. The van der Waals surface area contributed by atoms with Crippen LogP contribution in [-0.4, -0.2) is 29.7 Å². The van der Waals surface area contributed by atoms with E-state index in [0.717, 1.165) is 12.8 Å². The van der Waals surface area contributed by atoms with Crippen LogP contribution in [0.4, 0.5) is 0 Å². The summed E-state index contributed by atoms with van der Waals surface area (Å²) >= 11 is 0. The molecule has 1 heterocycles. The van der Waals surface area contributed by atoms with E-state index in [4.69, 9.17) is 0 Å². The fourth-order valence-corrected chi connectivity index (χ4v) is 2.93. The summed E-state index contributed by atoms with van der Waals surface area (Å²) in [7, 11) is 0. The molecule has 0 saturated carbocycles. The topological polar surface area (TPSA) is 23.5 Å². The van der Waals surface area contributed by atoms with Crippen LogP contribution in [0, 0.1) is 0 Å². The van der Waals surface area contributed by atoms with Crippen molar-refractivity contribution in [2.24, 2.45) is 0 Å². The summed E-state index contributed by atoms with van der Waals surface area (Å²) in [5.41, 5.74) is 2.79. The van der Waals surface area contributed by atoms with Crippen molar-refractivity contribution < 1.29 is 5.11 Å². The van der Waals surface area contributed by atoms with Crippen LogP contribution in [0.1, 0.15) is 49.8 Å². The molecule has 1 fully saturated rings. The molecule has 0 aliphatic carbocycles. The van der Waals surface area contributed by atoms with Crippen molar-refractivity contribution in [3.63, 3.8) is 0 Å². The summed E-state index contributed by atoms with van der Waals surface area (Å²) in [5.74, 6) is 0. The van der Waals surface area contributed by atoms with E-state index in [0.29, 0.717) is 6.04 Å². The Morgan fingerprint density at radius 1 is 1.17 bits per heavy atom. The number of rotatable bonds is 6. The second-order valence-electron chi connectivity index (χ2n) is 5.26. The second-order valence-corrected chi connectivity index (χ2v) is 5.26. The summed E-state index contributed by atoms with van der Waals surface area (Å²) < 4.78 is 0. The van der Waals surface area contributed by atoms with Gasteiger partial charge in [0.1, 0.15) is 0 Å². The zero-order valence-corrected chi connectivity index (χ0v) is 11.4. The van der Waals surface area contributed by atoms with Crippen LogP contribution in [0.25, 0.3) is 0 Å². The van der Waals surface area contributed by atoms with Gasteiger partial charge in [-0.2, -0.15) is 0 Å².